The zero-order chi connectivity index (χ0) is 19.7. The predicted octanol–water partition coefficient (Wildman–Crippen LogP) is 5.72. The van der Waals surface area contributed by atoms with Crippen molar-refractivity contribution >= 4 is 0 Å². The van der Waals surface area contributed by atoms with Crippen LogP contribution in [0.5, 0.6) is 11.5 Å². The van der Waals surface area contributed by atoms with Crippen molar-refractivity contribution in [3.8, 4) is 11.5 Å². The van der Waals surface area contributed by atoms with Crippen LogP contribution in [-0.2, 0) is 14.2 Å². The summed E-state index contributed by atoms with van der Waals surface area (Å²) in [5, 5.41) is 0. The molecule has 0 N–H and O–H groups in total. The lowest BCUT2D eigenvalue weighted by molar-refractivity contribution is -0.172. The number of benzene rings is 2. The van der Waals surface area contributed by atoms with Gasteiger partial charge in [-0.3, -0.25) is 0 Å². The fourth-order valence-electron chi connectivity index (χ4n) is 4.69. The van der Waals surface area contributed by atoms with Gasteiger partial charge < -0.3 is 18.9 Å². The second-order valence-electron chi connectivity index (χ2n) is 9.67. The van der Waals surface area contributed by atoms with E-state index in [9.17, 15) is 0 Å². The van der Waals surface area contributed by atoms with Crippen molar-refractivity contribution in [3.05, 3.63) is 58.7 Å². The molecule has 3 heterocycles. The Morgan fingerprint density at radius 2 is 1.25 bits per heavy atom. The summed E-state index contributed by atoms with van der Waals surface area (Å²) in [4.78, 5) is 0. The molecule has 4 nitrogen and oxygen atoms in total. The van der Waals surface area contributed by atoms with Gasteiger partial charge >= 0.3 is 0 Å². The molecule has 3 aliphatic rings. The number of hydrogen-bond acceptors (Lipinski definition) is 4. The van der Waals surface area contributed by atoms with Gasteiger partial charge in [0.15, 0.2) is 0 Å². The van der Waals surface area contributed by atoms with Gasteiger partial charge in [0, 0.05) is 29.1 Å². The third kappa shape index (κ3) is 2.62. The molecule has 28 heavy (non-hydrogen) atoms. The summed E-state index contributed by atoms with van der Waals surface area (Å²) in [6, 6.07) is 12.7. The highest BCUT2D eigenvalue weighted by Crippen LogP contribution is 2.52. The second-order valence-corrected chi connectivity index (χ2v) is 9.67. The van der Waals surface area contributed by atoms with Crippen LogP contribution in [-0.4, -0.2) is 20.3 Å². The minimum atomic E-state index is -0.162. The summed E-state index contributed by atoms with van der Waals surface area (Å²) in [6.07, 6.45) is 0.0736. The lowest BCUT2D eigenvalue weighted by atomic mass is 9.77. The monoisotopic (exact) mass is 380 g/mol. The quantitative estimate of drug-likeness (QED) is 0.682. The number of methoxy groups -OCH3 is 1. The third-order valence-corrected chi connectivity index (χ3v) is 6.36. The molecule has 3 aliphatic heterocycles. The first-order valence-corrected chi connectivity index (χ1v) is 10.0. The van der Waals surface area contributed by atoms with Crippen molar-refractivity contribution in [2.24, 2.45) is 10.8 Å². The molecule has 0 amide bonds. The van der Waals surface area contributed by atoms with Gasteiger partial charge in [0.05, 0.1) is 25.4 Å². The summed E-state index contributed by atoms with van der Waals surface area (Å²) >= 11 is 0. The first-order chi connectivity index (χ1) is 13.3. The normalized spacial score (nSPS) is 29.0. The molecular formula is C24H28O4. The van der Waals surface area contributed by atoms with Gasteiger partial charge in [0.1, 0.15) is 17.6 Å². The zero-order valence-electron chi connectivity index (χ0n) is 17.2. The summed E-state index contributed by atoms with van der Waals surface area (Å²) in [6.45, 7) is 10.6. The van der Waals surface area contributed by atoms with E-state index in [4.69, 9.17) is 18.9 Å². The Labute approximate surface area is 166 Å². The smallest absolute Gasteiger partial charge is 0.133 e. The van der Waals surface area contributed by atoms with E-state index in [-0.39, 0.29) is 29.1 Å². The number of rotatable bonds is 3. The van der Waals surface area contributed by atoms with Crippen LogP contribution in [0.3, 0.4) is 0 Å². The molecule has 2 aromatic rings. The summed E-state index contributed by atoms with van der Waals surface area (Å²) in [5.41, 5.74) is 4.80. The molecular weight excluding hydrogens is 352 g/mol. The highest BCUT2D eigenvalue weighted by atomic mass is 16.5. The van der Waals surface area contributed by atoms with Crippen LogP contribution in [0.4, 0.5) is 0 Å². The van der Waals surface area contributed by atoms with Crippen molar-refractivity contribution < 1.29 is 18.9 Å². The number of ether oxygens (including phenoxy) is 4. The highest BCUT2D eigenvalue weighted by Gasteiger charge is 2.43. The Kier molecular flexibility index (Phi) is 3.93. The standard InChI is InChI=1S/C24H28O4/c1-23(2)12-26-21(23)14-6-8-18-16(10-14)20(25-5)17-11-15(7-9-19(17)28-18)22-24(3,4)13-27-22/h6-11,20-22H,12-13H2,1-5H3. The summed E-state index contributed by atoms with van der Waals surface area (Å²) in [7, 11) is 1.76. The molecule has 0 aromatic heterocycles. The van der Waals surface area contributed by atoms with Crippen molar-refractivity contribution in [1.82, 2.24) is 0 Å². The highest BCUT2D eigenvalue weighted by molar-refractivity contribution is 5.55. The Bertz CT molecular complexity index is 857. The molecule has 2 aromatic carbocycles. The first-order valence-electron chi connectivity index (χ1n) is 10.0. The van der Waals surface area contributed by atoms with Crippen LogP contribution in [0.15, 0.2) is 36.4 Å². The van der Waals surface area contributed by atoms with E-state index in [0.717, 1.165) is 35.8 Å². The van der Waals surface area contributed by atoms with Crippen LogP contribution in [0.2, 0.25) is 0 Å². The van der Waals surface area contributed by atoms with Crippen LogP contribution >= 0.6 is 0 Å². The van der Waals surface area contributed by atoms with E-state index < -0.39 is 0 Å². The van der Waals surface area contributed by atoms with Gasteiger partial charge in [0.2, 0.25) is 0 Å². The third-order valence-electron chi connectivity index (χ3n) is 6.36. The molecule has 2 fully saturated rings. The molecule has 0 radical (unpaired) electrons. The van der Waals surface area contributed by atoms with E-state index in [1.807, 2.05) is 12.1 Å². The first kappa shape index (κ1) is 18.2. The van der Waals surface area contributed by atoms with Crippen LogP contribution in [0, 0.1) is 10.8 Å². The average molecular weight is 380 g/mol. The maximum Gasteiger partial charge on any atom is 0.133 e. The fourth-order valence-corrected chi connectivity index (χ4v) is 4.69. The number of fused-ring (bicyclic) bond motifs is 2. The van der Waals surface area contributed by atoms with E-state index in [1.54, 1.807) is 7.11 Å². The van der Waals surface area contributed by atoms with Gasteiger partial charge in [-0.2, -0.15) is 0 Å². The minimum Gasteiger partial charge on any atom is -0.457 e. The lowest BCUT2D eigenvalue weighted by Gasteiger charge is -2.45. The van der Waals surface area contributed by atoms with Crippen molar-refractivity contribution in [3.63, 3.8) is 0 Å². The van der Waals surface area contributed by atoms with Crippen LogP contribution in [0.25, 0.3) is 0 Å². The van der Waals surface area contributed by atoms with Gasteiger partial charge in [-0.25, -0.2) is 0 Å². The predicted molar refractivity (Wildman–Crippen MR) is 107 cm³/mol. The van der Waals surface area contributed by atoms with Gasteiger partial charge in [-0.1, -0.05) is 39.8 Å². The van der Waals surface area contributed by atoms with Gasteiger partial charge in [0.25, 0.3) is 0 Å². The van der Waals surface area contributed by atoms with E-state index in [2.05, 4.69) is 52.0 Å². The lowest BCUT2D eigenvalue weighted by Crippen LogP contribution is -2.40. The molecule has 2 saturated heterocycles. The molecule has 148 valence electrons. The maximum atomic E-state index is 6.22. The molecule has 2 atom stereocenters. The topological polar surface area (TPSA) is 36.9 Å². The molecule has 2 unspecified atom stereocenters. The summed E-state index contributed by atoms with van der Waals surface area (Å²) in [5.74, 6) is 1.71. The minimum absolute atomic E-state index is 0.118. The van der Waals surface area contributed by atoms with E-state index in [0.29, 0.717) is 0 Å². The zero-order valence-corrected chi connectivity index (χ0v) is 17.2. The van der Waals surface area contributed by atoms with Gasteiger partial charge in [-0.15, -0.1) is 0 Å². The van der Waals surface area contributed by atoms with Crippen LogP contribution in [0.1, 0.15) is 68.3 Å². The molecule has 0 saturated carbocycles. The Balaban J connectivity index is 1.53. The average Bonchev–Trinajstić information content (AvgIpc) is 2.64. The SMILES string of the molecule is COC1c2cc(C3OCC3(C)C)ccc2Oc2ccc(C3OCC3(C)C)cc21. The Hall–Kier alpha value is -1.88. The molecule has 4 heteroatoms. The van der Waals surface area contributed by atoms with Crippen LogP contribution < -0.4 is 4.74 Å². The van der Waals surface area contributed by atoms with Crippen molar-refractivity contribution in [1.29, 1.82) is 0 Å². The maximum absolute atomic E-state index is 6.22. The van der Waals surface area contributed by atoms with E-state index >= 15 is 0 Å². The summed E-state index contributed by atoms with van der Waals surface area (Å²) < 4.78 is 23.9. The molecule has 0 aliphatic carbocycles. The molecule has 0 bridgehead atoms. The van der Waals surface area contributed by atoms with Gasteiger partial charge in [-0.05, 0) is 35.4 Å². The van der Waals surface area contributed by atoms with Crippen molar-refractivity contribution in [2.45, 2.75) is 46.0 Å². The second kappa shape index (κ2) is 6.06. The molecule has 0 spiro atoms. The fraction of sp³-hybridized carbons (Fsp3) is 0.500. The number of hydrogen-bond donors (Lipinski definition) is 0. The van der Waals surface area contributed by atoms with Crippen molar-refractivity contribution in [2.75, 3.05) is 20.3 Å². The molecule has 5 rings (SSSR count). The Morgan fingerprint density at radius 3 is 1.57 bits per heavy atom. The van der Waals surface area contributed by atoms with E-state index in [1.165, 1.54) is 11.1 Å². The Morgan fingerprint density at radius 1 is 0.786 bits per heavy atom. The largest absolute Gasteiger partial charge is 0.457 e.